The maximum Gasteiger partial charge on any atom is 0.149 e. The first-order chi connectivity index (χ1) is 6.42. The Morgan fingerprint density at radius 2 is 2.29 bits per heavy atom. The summed E-state index contributed by atoms with van der Waals surface area (Å²) in [6, 6.07) is 1.58. The van der Waals surface area contributed by atoms with Gasteiger partial charge in [-0.05, 0) is 13.1 Å². The number of hydrogen-bond donors (Lipinski definition) is 1. The zero-order valence-electron chi connectivity index (χ0n) is 8.56. The van der Waals surface area contributed by atoms with Crippen LogP contribution in [0.2, 0.25) is 0 Å². The molecule has 0 amide bonds. The van der Waals surface area contributed by atoms with Crippen molar-refractivity contribution in [1.82, 2.24) is 15.1 Å². The lowest BCUT2D eigenvalue weighted by Crippen LogP contribution is -2.25. The lowest BCUT2D eigenvalue weighted by atomic mass is 10.2. The first-order valence-corrected chi connectivity index (χ1v) is 6.33. The van der Waals surface area contributed by atoms with Gasteiger partial charge in [-0.25, -0.2) is 8.42 Å². The minimum atomic E-state index is -2.99. The topological polar surface area (TPSA) is 64.0 Å². The molecule has 0 radical (unpaired) electrons. The molecule has 6 heteroatoms. The lowest BCUT2D eigenvalue weighted by molar-refractivity contribution is 0.569. The van der Waals surface area contributed by atoms with Gasteiger partial charge in [0.15, 0.2) is 0 Å². The van der Waals surface area contributed by atoms with Crippen LogP contribution in [0.15, 0.2) is 12.3 Å². The van der Waals surface area contributed by atoms with E-state index in [9.17, 15) is 8.42 Å². The summed E-state index contributed by atoms with van der Waals surface area (Å²) >= 11 is 0. The first-order valence-electron chi connectivity index (χ1n) is 4.27. The van der Waals surface area contributed by atoms with Gasteiger partial charge in [0.05, 0.1) is 17.5 Å². The summed E-state index contributed by atoms with van der Waals surface area (Å²) in [6.07, 6.45) is 3.02. The van der Waals surface area contributed by atoms with Gasteiger partial charge < -0.3 is 5.32 Å². The number of aryl methyl sites for hydroxylation is 1. The maximum absolute atomic E-state index is 11.1. The van der Waals surface area contributed by atoms with Crippen LogP contribution in [0.3, 0.4) is 0 Å². The molecule has 1 rings (SSSR count). The van der Waals surface area contributed by atoms with Gasteiger partial charge in [0.2, 0.25) is 0 Å². The van der Waals surface area contributed by atoms with Crippen molar-refractivity contribution in [3.05, 3.63) is 18.0 Å². The number of nitrogens with one attached hydrogen (secondary N) is 1. The second kappa shape index (κ2) is 4.10. The van der Waals surface area contributed by atoms with E-state index < -0.39 is 9.84 Å². The van der Waals surface area contributed by atoms with Crippen LogP contribution in [0.5, 0.6) is 0 Å². The molecule has 0 aliphatic carbocycles. The van der Waals surface area contributed by atoms with Crippen molar-refractivity contribution < 1.29 is 8.42 Å². The van der Waals surface area contributed by atoms with E-state index in [0.717, 1.165) is 5.69 Å². The van der Waals surface area contributed by atoms with Crippen LogP contribution < -0.4 is 5.32 Å². The summed E-state index contributed by atoms with van der Waals surface area (Å²) in [4.78, 5) is 0. The molecule has 0 aliphatic heterocycles. The molecule has 14 heavy (non-hydrogen) atoms. The highest BCUT2D eigenvalue weighted by molar-refractivity contribution is 7.90. The van der Waals surface area contributed by atoms with Crippen LogP contribution in [-0.2, 0) is 16.9 Å². The average molecular weight is 217 g/mol. The van der Waals surface area contributed by atoms with Crippen LogP contribution in [0.25, 0.3) is 0 Å². The maximum atomic E-state index is 11.1. The van der Waals surface area contributed by atoms with Gasteiger partial charge in [0.25, 0.3) is 0 Å². The number of nitrogens with zero attached hydrogens (tertiary/aromatic N) is 2. The van der Waals surface area contributed by atoms with Gasteiger partial charge in [0.1, 0.15) is 9.84 Å². The van der Waals surface area contributed by atoms with E-state index in [1.165, 1.54) is 6.26 Å². The summed E-state index contributed by atoms with van der Waals surface area (Å²) < 4.78 is 23.9. The van der Waals surface area contributed by atoms with Crippen molar-refractivity contribution in [3.8, 4) is 0 Å². The van der Waals surface area contributed by atoms with Crippen molar-refractivity contribution in [1.29, 1.82) is 0 Å². The molecule has 1 N–H and O–H groups in total. The van der Waals surface area contributed by atoms with Gasteiger partial charge in [-0.1, -0.05) is 0 Å². The predicted molar refractivity (Wildman–Crippen MR) is 54.7 cm³/mol. The van der Waals surface area contributed by atoms with E-state index in [4.69, 9.17) is 0 Å². The third-order valence-corrected chi connectivity index (χ3v) is 2.85. The van der Waals surface area contributed by atoms with Crippen LogP contribution in [0, 0.1) is 0 Å². The second-order valence-corrected chi connectivity index (χ2v) is 5.53. The molecule has 0 fully saturated rings. The quantitative estimate of drug-likeness (QED) is 0.753. The van der Waals surface area contributed by atoms with Crippen LogP contribution in [0.4, 0.5) is 0 Å². The fourth-order valence-electron chi connectivity index (χ4n) is 1.24. The Hall–Kier alpha value is -0.880. The summed E-state index contributed by atoms with van der Waals surface area (Å²) in [6.45, 7) is 0. The molecule has 0 aliphatic rings. The van der Waals surface area contributed by atoms with E-state index in [0.29, 0.717) is 0 Å². The molecule has 0 saturated heterocycles. The zero-order valence-corrected chi connectivity index (χ0v) is 9.37. The fraction of sp³-hybridized carbons (Fsp3) is 0.625. The summed E-state index contributed by atoms with van der Waals surface area (Å²) in [5.41, 5.74) is 0.750. The SMILES string of the molecule is CNC(CS(C)(=O)=O)c1ccn(C)n1. The van der Waals surface area contributed by atoms with Crippen molar-refractivity contribution in [2.75, 3.05) is 19.1 Å². The predicted octanol–water partition coefficient (Wildman–Crippen LogP) is -0.275. The Labute approximate surface area is 84.0 Å². The van der Waals surface area contributed by atoms with Crippen LogP contribution in [-0.4, -0.2) is 37.3 Å². The molecular formula is C8H15N3O2S. The Morgan fingerprint density at radius 1 is 1.64 bits per heavy atom. The van der Waals surface area contributed by atoms with Crippen molar-refractivity contribution in [2.45, 2.75) is 6.04 Å². The Bertz CT molecular complexity index is 396. The van der Waals surface area contributed by atoms with Crippen molar-refractivity contribution >= 4 is 9.84 Å². The molecule has 1 unspecified atom stereocenters. The molecule has 0 spiro atoms. The molecule has 0 bridgehead atoms. The Balaban J connectivity index is 2.83. The normalized spacial score (nSPS) is 14.2. The van der Waals surface area contributed by atoms with E-state index in [2.05, 4.69) is 10.4 Å². The minimum absolute atomic E-state index is 0.0700. The van der Waals surface area contributed by atoms with Gasteiger partial charge in [-0.15, -0.1) is 0 Å². The summed E-state index contributed by atoms with van der Waals surface area (Å²) in [5.74, 6) is 0.0700. The molecule has 1 atom stereocenters. The highest BCUT2D eigenvalue weighted by Crippen LogP contribution is 2.11. The van der Waals surface area contributed by atoms with E-state index in [1.54, 1.807) is 25.0 Å². The van der Waals surface area contributed by atoms with Gasteiger partial charge >= 0.3 is 0 Å². The van der Waals surface area contributed by atoms with Crippen molar-refractivity contribution in [3.63, 3.8) is 0 Å². The molecular weight excluding hydrogens is 202 g/mol. The Morgan fingerprint density at radius 3 is 2.64 bits per heavy atom. The van der Waals surface area contributed by atoms with Crippen molar-refractivity contribution in [2.24, 2.45) is 7.05 Å². The van der Waals surface area contributed by atoms with Gasteiger partial charge in [0, 0.05) is 19.5 Å². The van der Waals surface area contributed by atoms with Gasteiger partial charge in [-0.2, -0.15) is 5.10 Å². The van der Waals surface area contributed by atoms with Crippen LogP contribution in [0.1, 0.15) is 11.7 Å². The Kier molecular flexibility index (Phi) is 3.28. The number of hydrogen-bond acceptors (Lipinski definition) is 4. The average Bonchev–Trinajstić information content (AvgIpc) is 2.46. The van der Waals surface area contributed by atoms with E-state index in [-0.39, 0.29) is 11.8 Å². The highest BCUT2D eigenvalue weighted by Gasteiger charge is 2.17. The molecule has 0 aromatic carbocycles. The zero-order chi connectivity index (χ0) is 10.8. The summed E-state index contributed by atoms with van der Waals surface area (Å²) in [7, 11) is 0.543. The molecule has 80 valence electrons. The monoisotopic (exact) mass is 217 g/mol. The summed E-state index contributed by atoms with van der Waals surface area (Å²) in [5, 5.41) is 7.09. The number of sulfone groups is 1. The van der Waals surface area contributed by atoms with E-state index >= 15 is 0 Å². The molecule has 1 aromatic rings. The first kappa shape index (κ1) is 11.2. The second-order valence-electron chi connectivity index (χ2n) is 3.35. The fourth-order valence-corrected chi connectivity index (χ4v) is 2.18. The lowest BCUT2D eigenvalue weighted by Gasteiger charge is -2.11. The van der Waals surface area contributed by atoms with E-state index in [1.807, 2.05) is 6.07 Å². The molecule has 0 saturated carbocycles. The number of rotatable bonds is 4. The number of aromatic nitrogens is 2. The largest absolute Gasteiger partial charge is 0.311 e. The third kappa shape index (κ3) is 3.12. The van der Waals surface area contributed by atoms with Crippen LogP contribution >= 0.6 is 0 Å². The van der Waals surface area contributed by atoms with Gasteiger partial charge in [-0.3, -0.25) is 4.68 Å². The molecule has 1 aromatic heterocycles. The smallest absolute Gasteiger partial charge is 0.149 e. The molecule has 5 nitrogen and oxygen atoms in total. The highest BCUT2D eigenvalue weighted by atomic mass is 32.2. The standard InChI is InChI=1S/C8H15N3O2S/c1-9-8(6-14(3,12)13)7-4-5-11(2)10-7/h4-5,8-9H,6H2,1-3H3. The minimum Gasteiger partial charge on any atom is -0.311 e. The third-order valence-electron chi connectivity index (χ3n) is 1.91. The molecule has 1 heterocycles.